The van der Waals surface area contributed by atoms with Crippen molar-refractivity contribution in [3.8, 4) is 0 Å². The van der Waals surface area contributed by atoms with Crippen LogP contribution in [0.3, 0.4) is 0 Å². The maximum absolute atomic E-state index is 12.8. The van der Waals surface area contributed by atoms with Gasteiger partial charge in [-0.15, -0.1) is 0 Å². The predicted molar refractivity (Wildman–Crippen MR) is 102 cm³/mol. The number of benzene rings is 1. The summed E-state index contributed by atoms with van der Waals surface area (Å²) in [6.45, 7) is 4.59. The average Bonchev–Trinajstić information content (AvgIpc) is 3.48. The Morgan fingerprint density at radius 3 is 2.69 bits per heavy atom. The van der Waals surface area contributed by atoms with Gasteiger partial charge in [-0.05, 0) is 49.7 Å². The SMILES string of the molecule is Cc1ccnc(NCC2CCN(C(=O)C3CC3c3ccccc3)CC2)n1. The Kier molecular flexibility index (Phi) is 4.87. The van der Waals surface area contributed by atoms with Crippen molar-refractivity contribution in [2.75, 3.05) is 25.0 Å². The molecule has 2 unspecified atom stereocenters. The average molecular weight is 350 g/mol. The van der Waals surface area contributed by atoms with Gasteiger partial charge in [-0.25, -0.2) is 9.97 Å². The molecule has 1 aliphatic heterocycles. The lowest BCUT2D eigenvalue weighted by Gasteiger charge is -2.32. The zero-order valence-electron chi connectivity index (χ0n) is 15.3. The minimum Gasteiger partial charge on any atom is -0.354 e. The van der Waals surface area contributed by atoms with Crippen LogP contribution in [0.25, 0.3) is 0 Å². The lowest BCUT2D eigenvalue weighted by molar-refractivity contribution is -0.134. The predicted octanol–water partition coefficient (Wildman–Crippen LogP) is 3.24. The van der Waals surface area contributed by atoms with Crippen LogP contribution in [0.15, 0.2) is 42.6 Å². The number of anilines is 1. The van der Waals surface area contributed by atoms with Crippen molar-refractivity contribution in [2.24, 2.45) is 11.8 Å². The van der Waals surface area contributed by atoms with E-state index in [1.54, 1.807) is 6.20 Å². The summed E-state index contributed by atoms with van der Waals surface area (Å²) in [5.74, 6) is 2.26. The zero-order chi connectivity index (χ0) is 17.9. The van der Waals surface area contributed by atoms with Crippen molar-refractivity contribution in [2.45, 2.75) is 32.1 Å². The number of rotatable bonds is 5. The highest BCUT2D eigenvalue weighted by molar-refractivity contribution is 5.83. The number of hydrogen-bond acceptors (Lipinski definition) is 4. The van der Waals surface area contributed by atoms with Crippen LogP contribution in [-0.4, -0.2) is 40.4 Å². The van der Waals surface area contributed by atoms with Gasteiger partial charge < -0.3 is 10.2 Å². The minimum absolute atomic E-state index is 0.202. The lowest BCUT2D eigenvalue weighted by Crippen LogP contribution is -2.40. The molecule has 2 fully saturated rings. The largest absolute Gasteiger partial charge is 0.354 e. The number of nitrogens with zero attached hydrogens (tertiary/aromatic N) is 3. The number of likely N-dealkylation sites (tertiary alicyclic amines) is 1. The second kappa shape index (κ2) is 7.44. The minimum atomic E-state index is 0.202. The Labute approximate surface area is 154 Å². The maximum Gasteiger partial charge on any atom is 0.226 e. The van der Waals surface area contributed by atoms with Gasteiger partial charge in [0.1, 0.15) is 0 Å². The highest BCUT2D eigenvalue weighted by Crippen LogP contribution is 2.48. The van der Waals surface area contributed by atoms with Crippen LogP contribution in [0.4, 0.5) is 5.95 Å². The molecule has 0 spiro atoms. The lowest BCUT2D eigenvalue weighted by atomic mass is 9.96. The Balaban J connectivity index is 1.23. The van der Waals surface area contributed by atoms with Crippen molar-refractivity contribution >= 4 is 11.9 Å². The number of aromatic nitrogens is 2. The number of hydrogen-bond donors (Lipinski definition) is 1. The molecule has 1 amide bonds. The van der Waals surface area contributed by atoms with Gasteiger partial charge in [0, 0.05) is 37.4 Å². The van der Waals surface area contributed by atoms with Crippen LogP contribution in [0.5, 0.6) is 0 Å². The molecule has 1 N–H and O–H groups in total. The number of nitrogens with one attached hydrogen (secondary N) is 1. The molecule has 2 aliphatic rings. The Hall–Kier alpha value is -2.43. The number of carbonyl (C=O) groups is 1. The smallest absolute Gasteiger partial charge is 0.226 e. The maximum atomic E-state index is 12.8. The molecule has 136 valence electrons. The summed E-state index contributed by atoms with van der Waals surface area (Å²) in [6, 6.07) is 12.3. The summed E-state index contributed by atoms with van der Waals surface area (Å²) in [5, 5.41) is 3.34. The van der Waals surface area contributed by atoms with E-state index in [-0.39, 0.29) is 5.92 Å². The van der Waals surface area contributed by atoms with Crippen LogP contribution in [0.1, 0.15) is 36.4 Å². The van der Waals surface area contributed by atoms with E-state index >= 15 is 0 Å². The van der Waals surface area contributed by atoms with E-state index in [0.29, 0.717) is 23.7 Å². The fourth-order valence-corrected chi connectivity index (χ4v) is 3.90. The van der Waals surface area contributed by atoms with Crippen molar-refractivity contribution in [3.05, 3.63) is 53.9 Å². The summed E-state index contributed by atoms with van der Waals surface area (Å²) >= 11 is 0. The van der Waals surface area contributed by atoms with Gasteiger partial charge in [0.25, 0.3) is 0 Å². The van der Waals surface area contributed by atoms with Crippen molar-refractivity contribution in [1.82, 2.24) is 14.9 Å². The van der Waals surface area contributed by atoms with Gasteiger partial charge in [-0.3, -0.25) is 4.79 Å². The molecular weight excluding hydrogens is 324 g/mol. The molecule has 1 aromatic carbocycles. The topological polar surface area (TPSA) is 58.1 Å². The van der Waals surface area contributed by atoms with E-state index in [9.17, 15) is 4.79 Å². The van der Waals surface area contributed by atoms with Crippen LogP contribution >= 0.6 is 0 Å². The van der Waals surface area contributed by atoms with Crippen LogP contribution in [0, 0.1) is 18.8 Å². The molecule has 4 rings (SSSR count). The van der Waals surface area contributed by atoms with Gasteiger partial charge >= 0.3 is 0 Å². The molecule has 1 aliphatic carbocycles. The van der Waals surface area contributed by atoms with E-state index in [1.807, 2.05) is 19.1 Å². The molecule has 26 heavy (non-hydrogen) atoms. The van der Waals surface area contributed by atoms with Gasteiger partial charge in [-0.2, -0.15) is 0 Å². The Bertz CT molecular complexity index is 756. The van der Waals surface area contributed by atoms with Gasteiger partial charge in [0.15, 0.2) is 0 Å². The van der Waals surface area contributed by atoms with Crippen molar-refractivity contribution in [3.63, 3.8) is 0 Å². The van der Waals surface area contributed by atoms with Gasteiger partial charge in [0.05, 0.1) is 0 Å². The quantitative estimate of drug-likeness (QED) is 0.899. The van der Waals surface area contributed by atoms with Crippen LogP contribution in [0.2, 0.25) is 0 Å². The molecule has 5 nitrogen and oxygen atoms in total. The number of carbonyl (C=O) groups excluding carboxylic acids is 1. The molecule has 5 heteroatoms. The Morgan fingerprint density at radius 2 is 1.96 bits per heavy atom. The summed E-state index contributed by atoms with van der Waals surface area (Å²) in [5.41, 5.74) is 2.28. The third-order valence-electron chi connectivity index (χ3n) is 5.61. The first-order valence-electron chi connectivity index (χ1n) is 9.58. The number of aryl methyl sites for hydroxylation is 1. The molecule has 0 bridgehead atoms. The summed E-state index contributed by atoms with van der Waals surface area (Å²) in [6.07, 6.45) is 4.89. The van der Waals surface area contributed by atoms with E-state index < -0.39 is 0 Å². The first-order chi connectivity index (χ1) is 12.7. The Morgan fingerprint density at radius 1 is 1.19 bits per heavy atom. The normalized spacial score (nSPS) is 22.9. The van der Waals surface area contributed by atoms with E-state index in [4.69, 9.17) is 0 Å². The van der Waals surface area contributed by atoms with E-state index in [1.165, 1.54) is 5.56 Å². The number of amides is 1. The summed E-state index contributed by atoms with van der Waals surface area (Å²) < 4.78 is 0. The number of piperidine rings is 1. The molecular formula is C21H26N4O. The van der Waals surface area contributed by atoms with Gasteiger partial charge in [0.2, 0.25) is 11.9 Å². The van der Waals surface area contributed by atoms with Crippen molar-refractivity contribution < 1.29 is 4.79 Å². The van der Waals surface area contributed by atoms with E-state index in [2.05, 4.69) is 44.5 Å². The molecule has 2 aromatic rings. The van der Waals surface area contributed by atoms with Gasteiger partial charge in [-0.1, -0.05) is 30.3 Å². The molecule has 2 atom stereocenters. The third kappa shape index (κ3) is 3.87. The van der Waals surface area contributed by atoms with Crippen LogP contribution in [-0.2, 0) is 4.79 Å². The molecule has 1 saturated heterocycles. The zero-order valence-corrected chi connectivity index (χ0v) is 15.3. The second-order valence-electron chi connectivity index (χ2n) is 7.53. The second-order valence-corrected chi connectivity index (χ2v) is 7.53. The molecule has 2 heterocycles. The molecule has 1 aromatic heterocycles. The first kappa shape index (κ1) is 17.0. The fourth-order valence-electron chi connectivity index (χ4n) is 3.90. The van der Waals surface area contributed by atoms with Crippen molar-refractivity contribution in [1.29, 1.82) is 0 Å². The highest BCUT2D eigenvalue weighted by Gasteiger charge is 2.45. The van der Waals surface area contributed by atoms with Crippen LogP contribution < -0.4 is 5.32 Å². The monoisotopic (exact) mass is 350 g/mol. The summed E-state index contributed by atoms with van der Waals surface area (Å²) in [7, 11) is 0. The third-order valence-corrected chi connectivity index (χ3v) is 5.61. The molecule has 0 radical (unpaired) electrons. The first-order valence-corrected chi connectivity index (χ1v) is 9.58. The summed E-state index contributed by atoms with van der Waals surface area (Å²) in [4.78, 5) is 23.5. The molecule has 1 saturated carbocycles. The van der Waals surface area contributed by atoms with E-state index in [0.717, 1.165) is 44.6 Å². The highest BCUT2D eigenvalue weighted by atomic mass is 16.2. The standard InChI is InChI=1S/C21H26N4O/c1-15-7-10-22-21(24-15)23-14-16-8-11-25(12-9-16)20(26)19-13-18(19)17-5-3-2-4-6-17/h2-7,10,16,18-19H,8-9,11-14H2,1H3,(H,22,23,24). The fraction of sp³-hybridized carbons (Fsp3) is 0.476.